The maximum Gasteiger partial charge on any atom is 0.514 e. The minimum Gasteiger partial charge on any atom is -0.496 e. The van der Waals surface area contributed by atoms with E-state index >= 15 is 0 Å². The molecule has 19 heavy (non-hydrogen) atoms. The number of benzene rings is 1. The minimum atomic E-state index is -0.781. The van der Waals surface area contributed by atoms with Crippen LogP contribution in [0.25, 0.3) is 0 Å². The molecule has 0 N–H and O–H groups in total. The van der Waals surface area contributed by atoms with Gasteiger partial charge in [-0.2, -0.15) is 0 Å². The SMILES string of the molecule is COc1cc(OC(=O)OC(C)(C)C)c(OC)cc1C. The summed E-state index contributed by atoms with van der Waals surface area (Å²) in [6.07, 6.45) is -0.781. The Morgan fingerprint density at radius 2 is 1.58 bits per heavy atom. The highest BCUT2D eigenvalue weighted by molar-refractivity contribution is 5.66. The number of carbonyl (C=O) groups excluding carboxylic acids is 1. The molecular formula is C14H20O5. The van der Waals surface area contributed by atoms with E-state index in [0.29, 0.717) is 11.5 Å². The van der Waals surface area contributed by atoms with E-state index in [1.165, 1.54) is 7.11 Å². The Labute approximate surface area is 113 Å². The van der Waals surface area contributed by atoms with Crippen molar-refractivity contribution in [1.82, 2.24) is 0 Å². The van der Waals surface area contributed by atoms with Crippen LogP contribution in [0.3, 0.4) is 0 Å². The predicted molar refractivity (Wildman–Crippen MR) is 71.1 cm³/mol. The van der Waals surface area contributed by atoms with Crippen LogP contribution in [-0.2, 0) is 4.74 Å². The molecule has 0 spiro atoms. The molecule has 1 aromatic rings. The highest BCUT2D eigenvalue weighted by atomic mass is 16.7. The molecule has 0 aliphatic rings. The molecule has 0 amide bonds. The molecule has 0 fully saturated rings. The zero-order valence-corrected chi connectivity index (χ0v) is 12.2. The zero-order valence-electron chi connectivity index (χ0n) is 12.2. The summed E-state index contributed by atoms with van der Waals surface area (Å²) in [4.78, 5) is 11.6. The summed E-state index contributed by atoms with van der Waals surface area (Å²) < 4.78 is 20.6. The Kier molecular flexibility index (Phi) is 4.64. The Morgan fingerprint density at radius 1 is 1.00 bits per heavy atom. The average molecular weight is 268 g/mol. The summed E-state index contributed by atoms with van der Waals surface area (Å²) in [6, 6.07) is 3.33. The lowest BCUT2D eigenvalue weighted by Gasteiger charge is -2.19. The molecule has 0 saturated carbocycles. The van der Waals surface area contributed by atoms with Crippen LogP contribution in [0, 0.1) is 6.92 Å². The van der Waals surface area contributed by atoms with E-state index in [2.05, 4.69) is 0 Å². The molecule has 0 aliphatic heterocycles. The second-order valence-electron chi connectivity index (χ2n) is 5.04. The highest BCUT2D eigenvalue weighted by Gasteiger charge is 2.20. The first kappa shape index (κ1) is 15.1. The fourth-order valence-corrected chi connectivity index (χ4v) is 1.46. The lowest BCUT2D eigenvalue weighted by Crippen LogP contribution is -2.26. The standard InChI is InChI=1S/C14H20O5/c1-9-7-11(17-6)12(8-10(9)16-5)18-13(15)19-14(2,3)4/h7-8H,1-6H3. The van der Waals surface area contributed by atoms with Gasteiger partial charge in [0, 0.05) is 6.07 Å². The maximum absolute atomic E-state index is 11.6. The summed E-state index contributed by atoms with van der Waals surface area (Å²) in [5, 5.41) is 0. The first-order chi connectivity index (χ1) is 8.76. The molecule has 5 nitrogen and oxygen atoms in total. The van der Waals surface area contributed by atoms with Gasteiger partial charge in [-0.05, 0) is 39.3 Å². The second kappa shape index (κ2) is 5.82. The van der Waals surface area contributed by atoms with E-state index in [4.69, 9.17) is 18.9 Å². The predicted octanol–water partition coefficient (Wildman–Crippen LogP) is 3.33. The molecule has 0 radical (unpaired) electrons. The van der Waals surface area contributed by atoms with Crippen molar-refractivity contribution in [1.29, 1.82) is 0 Å². The quantitative estimate of drug-likeness (QED) is 0.621. The first-order valence-electron chi connectivity index (χ1n) is 5.90. The summed E-state index contributed by atoms with van der Waals surface area (Å²) in [5.41, 5.74) is 0.273. The van der Waals surface area contributed by atoms with Crippen molar-refractivity contribution in [2.75, 3.05) is 14.2 Å². The Hall–Kier alpha value is -1.91. The number of rotatable bonds is 3. The maximum atomic E-state index is 11.6. The van der Waals surface area contributed by atoms with Gasteiger partial charge in [0.1, 0.15) is 11.4 Å². The van der Waals surface area contributed by atoms with Crippen molar-refractivity contribution in [3.8, 4) is 17.2 Å². The third-order valence-corrected chi connectivity index (χ3v) is 2.26. The number of ether oxygens (including phenoxy) is 4. The van der Waals surface area contributed by atoms with E-state index in [1.54, 1.807) is 40.0 Å². The van der Waals surface area contributed by atoms with Crippen molar-refractivity contribution < 1.29 is 23.7 Å². The lowest BCUT2D eigenvalue weighted by molar-refractivity contribution is 0.0200. The minimum absolute atomic E-state index is 0.263. The Bertz CT molecular complexity index is 460. The summed E-state index contributed by atoms with van der Waals surface area (Å²) in [6.45, 7) is 7.17. The van der Waals surface area contributed by atoms with Gasteiger partial charge in [0.05, 0.1) is 14.2 Å². The van der Waals surface area contributed by atoms with Crippen molar-refractivity contribution in [2.45, 2.75) is 33.3 Å². The van der Waals surface area contributed by atoms with Gasteiger partial charge < -0.3 is 18.9 Å². The number of methoxy groups -OCH3 is 2. The van der Waals surface area contributed by atoms with Gasteiger partial charge in [-0.3, -0.25) is 0 Å². The van der Waals surface area contributed by atoms with Crippen LogP contribution in [0.15, 0.2) is 12.1 Å². The van der Waals surface area contributed by atoms with Crippen molar-refractivity contribution in [2.24, 2.45) is 0 Å². The van der Waals surface area contributed by atoms with Crippen LogP contribution < -0.4 is 14.2 Å². The van der Waals surface area contributed by atoms with E-state index in [0.717, 1.165) is 5.56 Å². The molecule has 0 unspecified atom stereocenters. The summed E-state index contributed by atoms with van der Waals surface area (Å²) in [7, 11) is 3.05. The summed E-state index contributed by atoms with van der Waals surface area (Å²) in [5.74, 6) is 1.32. The lowest BCUT2D eigenvalue weighted by atomic mass is 10.2. The van der Waals surface area contributed by atoms with Crippen LogP contribution in [0.2, 0.25) is 0 Å². The largest absolute Gasteiger partial charge is 0.514 e. The van der Waals surface area contributed by atoms with Crippen LogP contribution >= 0.6 is 0 Å². The second-order valence-corrected chi connectivity index (χ2v) is 5.04. The van der Waals surface area contributed by atoms with Crippen molar-refractivity contribution in [3.05, 3.63) is 17.7 Å². The molecule has 1 aromatic carbocycles. The molecule has 0 aliphatic carbocycles. The Morgan fingerprint density at radius 3 is 2.05 bits per heavy atom. The van der Waals surface area contributed by atoms with Crippen LogP contribution in [-0.4, -0.2) is 26.0 Å². The fourth-order valence-electron chi connectivity index (χ4n) is 1.46. The van der Waals surface area contributed by atoms with Gasteiger partial charge in [-0.1, -0.05) is 0 Å². The molecule has 0 bridgehead atoms. The van der Waals surface area contributed by atoms with Gasteiger partial charge >= 0.3 is 6.16 Å². The zero-order chi connectivity index (χ0) is 14.6. The molecule has 5 heteroatoms. The Balaban J connectivity index is 2.96. The number of aryl methyl sites for hydroxylation is 1. The van der Waals surface area contributed by atoms with E-state index < -0.39 is 11.8 Å². The highest BCUT2D eigenvalue weighted by Crippen LogP contribution is 2.34. The van der Waals surface area contributed by atoms with Crippen LogP contribution in [0.4, 0.5) is 4.79 Å². The van der Waals surface area contributed by atoms with Crippen LogP contribution in [0.1, 0.15) is 26.3 Å². The molecule has 0 saturated heterocycles. The van der Waals surface area contributed by atoms with Gasteiger partial charge in [0.15, 0.2) is 11.5 Å². The van der Waals surface area contributed by atoms with Gasteiger partial charge in [0.2, 0.25) is 0 Å². The monoisotopic (exact) mass is 268 g/mol. The normalized spacial score (nSPS) is 10.8. The van der Waals surface area contributed by atoms with Crippen molar-refractivity contribution in [3.63, 3.8) is 0 Å². The van der Waals surface area contributed by atoms with Crippen LogP contribution in [0.5, 0.6) is 17.2 Å². The van der Waals surface area contributed by atoms with Gasteiger partial charge in [-0.15, -0.1) is 0 Å². The third kappa shape index (κ3) is 4.35. The molecule has 0 atom stereocenters. The van der Waals surface area contributed by atoms with E-state index in [-0.39, 0.29) is 5.75 Å². The fraction of sp³-hybridized carbons (Fsp3) is 0.500. The van der Waals surface area contributed by atoms with Crippen molar-refractivity contribution >= 4 is 6.16 Å². The van der Waals surface area contributed by atoms with E-state index in [1.807, 2.05) is 6.92 Å². The number of hydrogen-bond acceptors (Lipinski definition) is 5. The van der Waals surface area contributed by atoms with Gasteiger partial charge in [-0.25, -0.2) is 4.79 Å². The molecular weight excluding hydrogens is 248 g/mol. The molecule has 1 rings (SSSR count). The third-order valence-electron chi connectivity index (χ3n) is 2.26. The van der Waals surface area contributed by atoms with E-state index in [9.17, 15) is 4.79 Å². The molecule has 106 valence electrons. The smallest absolute Gasteiger partial charge is 0.496 e. The van der Waals surface area contributed by atoms with Gasteiger partial charge in [0.25, 0.3) is 0 Å². The summed E-state index contributed by atoms with van der Waals surface area (Å²) >= 11 is 0. The average Bonchev–Trinajstić information content (AvgIpc) is 2.28. The molecule has 0 heterocycles. The number of hydrogen-bond donors (Lipinski definition) is 0. The molecule has 0 aromatic heterocycles. The first-order valence-corrected chi connectivity index (χ1v) is 5.90. The number of carbonyl (C=O) groups is 1. The topological polar surface area (TPSA) is 54.0 Å².